The van der Waals surface area contributed by atoms with Gasteiger partial charge in [-0.2, -0.15) is 18.6 Å². The summed E-state index contributed by atoms with van der Waals surface area (Å²) in [5.74, 6) is -2.19. The zero-order valence-electron chi connectivity index (χ0n) is 31.2. The Balaban J connectivity index is 0. The first-order valence-corrected chi connectivity index (χ1v) is 22.3. The standard InChI is InChI=1S/C27H27N5O15S6.4Na.H2O/c1-49(34,35)46-10-12-50(36,37)19-8-4-18(5-9-19)30-32-26-22(52(40,41)42)15-16-14-21(48)25(27(33)23(16)24(26)28)31-29-17-2-6-20(7-3-17)51(38,39)13-11-47-53(43,44)45;;;;;/h2-9,14-15,33,48H,10-13,28H2,1H3,(H,40,41,42)(H,43,44,45);;;;;1H2/q;4*+1;/p-2. The molecular formula is C27H27N5Na4O16S6+2. The molecule has 31 heteroatoms. The first kappa shape index (κ1) is 59.8. The van der Waals surface area contributed by atoms with Crippen LogP contribution in [0.25, 0.3) is 10.8 Å². The van der Waals surface area contributed by atoms with Crippen LogP contribution in [0.3, 0.4) is 0 Å². The third-order valence-electron chi connectivity index (χ3n) is 6.74. The van der Waals surface area contributed by atoms with E-state index in [1.165, 1.54) is 30.3 Å². The Bertz CT molecular complexity index is 2710. The van der Waals surface area contributed by atoms with E-state index >= 15 is 0 Å². The zero-order chi connectivity index (χ0) is 39.6. The van der Waals surface area contributed by atoms with Crippen molar-refractivity contribution >= 4 is 102 Å². The monoisotopic (exact) mass is 961 g/mol. The fourth-order valence-electron chi connectivity index (χ4n) is 4.33. The summed E-state index contributed by atoms with van der Waals surface area (Å²) in [6.45, 7) is -1.53. The number of rotatable bonds is 15. The van der Waals surface area contributed by atoms with Gasteiger partial charge in [-0.05, 0) is 60.0 Å². The molecule has 0 unspecified atom stereocenters. The molecule has 58 heavy (non-hydrogen) atoms. The van der Waals surface area contributed by atoms with E-state index in [2.05, 4.69) is 28.8 Å². The topological polar surface area (TPSA) is 364 Å². The minimum atomic E-state index is -5.27. The number of anilines is 1. The van der Waals surface area contributed by atoms with E-state index in [1.807, 2.05) is 0 Å². The summed E-state index contributed by atoms with van der Waals surface area (Å²) in [7, 11) is -22.3. The number of nitrogens with zero attached hydrogens (tertiary/aromatic N) is 4. The molecule has 21 nitrogen and oxygen atoms in total. The van der Waals surface area contributed by atoms with Crippen LogP contribution in [0.15, 0.2) is 101 Å². The summed E-state index contributed by atoms with van der Waals surface area (Å²) in [6.07, 6.45) is 0.760. The summed E-state index contributed by atoms with van der Waals surface area (Å²) in [5.41, 5.74) is 4.65. The minimum Gasteiger partial charge on any atom is -0.777 e. The molecule has 294 valence electrons. The number of hydrogen-bond acceptors (Lipinski definition) is 21. The van der Waals surface area contributed by atoms with Gasteiger partial charge >= 0.3 is 118 Å². The van der Waals surface area contributed by atoms with Gasteiger partial charge in [-0.25, -0.2) is 33.7 Å². The second-order valence-corrected chi connectivity index (χ2v) is 19.2. The van der Waals surface area contributed by atoms with E-state index in [0.29, 0.717) is 0 Å². The van der Waals surface area contributed by atoms with Gasteiger partial charge in [0.25, 0.3) is 10.1 Å². The quantitative estimate of drug-likeness (QED) is 0.0163. The molecule has 0 aliphatic rings. The molecule has 0 saturated carbocycles. The van der Waals surface area contributed by atoms with E-state index in [-0.39, 0.29) is 166 Å². The molecule has 4 aromatic rings. The Kier molecular flexibility index (Phi) is 24.7. The molecule has 0 aliphatic carbocycles. The van der Waals surface area contributed by atoms with Crippen LogP contribution in [0.4, 0.5) is 28.4 Å². The second kappa shape index (κ2) is 24.0. The fraction of sp³-hybridized carbons (Fsp3) is 0.185. The van der Waals surface area contributed by atoms with Crippen LogP contribution in [0.1, 0.15) is 0 Å². The molecule has 0 heterocycles. The van der Waals surface area contributed by atoms with Crippen molar-refractivity contribution in [3.63, 3.8) is 0 Å². The number of sulfone groups is 2. The van der Waals surface area contributed by atoms with Crippen LogP contribution >= 0.6 is 0 Å². The Hall–Kier alpha value is -0.290. The number of aromatic hydroxyl groups is 1. The maximum absolute atomic E-state index is 12.5. The molecule has 0 atom stereocenters. The van der Waals surface area contributed by atoms with Crippen molar-refractivity contribution in [2.75, 3.05) is 36.7 Å². The molecule has 0 saturated heterocycles. The van der Waals surface area contributed by atoms with Crippen LogP contribution in [0, 0.1) is 0 Å². The molecule has 0 fully saturated rings. The summed E-state index contributed by atoms with van der Waals surface area (Å²) in [4.78, 5) is -1.60. The molecule has 0 spiro atoms. The fourth-order valence-corrected chi connectivity index (χ4v) is 8.32. The summed E-state index contributed by atoms with van der Waals surface area (Å²) in [6, 6.07) is 11.2. The van der Waals surface area contributed by atoms with Crippen LogP contribution in [-0.2, 0) is 76.8 Å². The van der Waals surface area contributed by atoms with Crippen LogP contribution in [-0.4, -0.2) is 87.3 Å². The number of fused-ring (bicyclic) bond motifs is 1. The molecule has 0 aromatic heterocycles. The number of phenols is 1. The number of azo groups is 2. The third kappa shape index (κ3) is 16.8. The van der Waals surface area contributed by atoms with Gasteiger partial charge in [0.05, 0.1) is 68.1 Å². The first-order chi connectivity index (χ1) is 24.4. The molecule has 0 aliphatic heterocycles. The van der Waals surface area contributed by atoms with E-state index in [9.17, 15) is 56.3 Å². The summed E-state index contributed by atoms with van der Waals surface area (Å²) >= 11 is 5.27. The number of nitrogens with two attached hydrogens (primary N) is 1. The first-order valence-electron chi connectivity index (χ1n) is 14.1. The number of nitrogen functional groups attached to an aromatic ring is 1. The molecular weight excluding hydrogens is 935 g/mol. The Morgan fingerprint density at radius 2 is 1.09 bits per heavy atom. The minimum absolute atomic E-state index is 0. The van der Waals surface area contributed by atoms with Gasteiger partial charge in [-0.15, -0.1) is 15.1 Å². The van der Waals surface area contributed by atoms with Gasteiger partial charge in [-0.3, -0.25) is 8.37 Å². The van der Waals surface area contributed by atoms with E-state index < -0.39 is 97.0 Å². The smallest absolute Gasteiger partial charge is 0.777 e. The van der Waals surface area contributed by atoms with Crippen molar-refractivity contribution in [1.29, 1.82) is 0 Å². The van der Waals surface area contributed by atoms with Crippen molar-refractivity contribution < 1.29 is 188 Å². The summed E-state index contributed by atoms with van der Waals surface area (Å²) < 4.78 is 149. The predicted octanol–water partition coefficient (Wildman–Crippen LogP) is -10.1. The largest absolute Gasteiger partial charge is 1.00 e. The molecule has 0 bridgehead atoms. The third-order valence-corrected chi connectivity index (χ3v) is 12.3. The van der Waals surface area contributed by atoms with E-state index in [4.69, 9.17) is 18.4 Å². The Labute approximate surface area is 427 Å². The van der Waals surface area contributed by atoms with Crippen molar-refractivity contribution in [2.24, 2.45) is 20.5 Å². The van der Waals surface area contributed by atoms with Gasteiger partial charge in [-0.1, -0.05) is 6.07 Å². The normalized spacial score (nSPS) is 12.2. The number of benzene rings is 4. The van der Waals surface area contributed by atoms with E-state index in [0.717, 1.165) is 36.6 Å². The van der Waals surface area contributed by atoms with E-state index in [1.54, 1.807) is 0 Å². The van der Waals surface area contributed by atoms with Crippen LogP contribution in [0.2, 0.25) is 0 Å². The van der Waals surface area contributed by atoms with Gasteiger partial charge in [0.2, 0.25) is 10.4 Å². The molecule has 0 amide bonds. The Morgan fingerprint density at radius 1 is 0.672 bits per heavy atom. The Morgan fingerprint density at radius 3 is 1.48 bits per heavy atom. The average molecular weight is 962 g/mol. The number of phenolic OH excluding ortho intramolecular Hbond substituents is 1. The van der Waals surface area contributed by atoms with Crippen molar-refractivity contribution in [1.82, 2.24) is 0 Å². The van der Waals surface area contributed by atoms with Crippen molar-refractivity contribution in [3.8, 4) is 5.75 Å². The zero-order valence-corrected chi connectivity index (χ0v) is 44.1. The van der Waals surface area contributed by atoms with Crippen LogP contribution in [0.5, 0.6) is 5.75 Å². The second-order valence-electron chi connectivity index (χ2n) is 10.5. The maximum atomic E-state index is 12.5. The van der Waals surface area contributed by atoms with Gasteiger partial charge in [0.15, 0.2) is 25.4 Å². The molecule has 6 N–H and O–H groups in total. The SMILES string of the molecule is CS(=O)(=O)OCCS(=O)(=O)c1ccc(N=Nc2c(S(=O)(=O)[O-])cc3cc([S-])c(N=Nc4ccc(S(=O)(=O)CCOS(=O)(=O)[O-])cc4)c(O)c3c2N)cc1.[Na+].[Na+].[Na+].[Na+].[OH3+]. The van der Waals surface area contributed by atoms with Crippen LogP contribution < -0.4 is 124 Å². The average Bonchev–Trinajstić information content (AvgIpc) is 3.02. The molecule has 4 rings (SSSR count). The molecule has 4 aromatic carbocycles. The number of hydrogen-bond donors (Lipinski definition) is 2. The van der Waals surface area contributed by atoms with Gasteiger partial charge in [0.1, 0.15) is 21.5 Å². The summed E-state index contributed by atoms with van der Waals surface area (Å²) in [5, 5.41) is 26.2. The predicted molar refractivity (Wildman–Crippen MR) is 190 cm³/mol. The maximum Gasteiger partial charge on any atom is 1.00 e. The van der Waals surface area contributed by atoms with Gasteiger partial charge in [0, 0.05) is 0 Å². The van der Waals surface area contributed by atoms with Crippen molar-refractivity contribution in [2.45, 2.75) is 19.6 Å². The van der Waals surface area contributed by atoms with Crippen molar-refractivity contribution in [3.05, 3.63) is 60.7 Å². The molecule has 0 radical (unpaired) electrons. The van der Waals surface area contributed by atoms with Gasteiger partial charge < -0.3 is 38.1 Å².